The summed E-state index contributed by atoms with van der Waals surface area (Å²) in [5, 5.41) is 0.752. The number of hydrogen-bond acceptors (Lipinski definition) is 3. The Kier molecular flexibility index (Phi) is 5.22. The van der Waals surface area contributed by atoms with Gasteiger partial charge in [-0.1, -0.05) is 23.7 Å². The van der Waals surface area contributed by atoms with Crippen molar-refractivity contribution in [1.29, 1.82) is 0 Å². The molecule has 0 saturated heterocycles. The first-order chi connectivity index (χ1) is 7.54. The molecule has 0 bridgehead atoms. The van der Waals surface area contributed by atoms with E-state index in [1.165, 1.54) is 0 Å². The predicted octanol–water partition coefficient (Wildman–Crippen LogP) is 2.58. The second-order valence-corrected chi connectivity index (χ2v) is 4.52. The normalized spacial score (nSPS) is 13.1. The van der Waals surface area contributed by atoms with E-state index in [0.29, 0.717) is 6.61 Å². The summed E-state index contributed by atoms with van der Waals surface area (Å²) >= 11 is 6.07. The van der Waals surface area contributed by atoms with E-state index in [2.05, 4.69) is 5.43 Å². The molecule has 1 unspecified atom stereocenters. The standard InChI is InChI=1S/C12H19ClN2O/c1-8(2)16-7-12(15-14)10-5-4-9(3)11(13)6-10/h4-6,8,12,15H,7,14H2,1-3H3. The third-order valence-electron chi connectivity index (χ3n) is 2.40. The number of benzene rings is 1. The van der Waals surface area contributed by atoms with Gasteiger partial charge in [0.2, 0.25) is 0 Å². The van der Waals surface area contributed by atoms with Crippen molar-refractivity contribution in [2.24, 2.45) is 5.84 Å². The topological polar surface area (TPSA) is 47.3 Å². The zero-order chi connectivity index (χ0) is 12.1. The minimum Gasteiger partial charge on any atom is -0.377 e. The van der Waals surface area contributed by atoms with Crippen LogP contribution in [0.1, 0.15) is 31.0 Å². The van der Waals surface area contributed by atoms with Crippen LogP contribution in [0.5, 0.6) is 0 Å². The van der Waals surface area contributed by atoms with Gasteiger partial charge < -0.3 is 4.74 Å². The zero-order valence-corrected chi connectivity index (χ0v) is 10.7. The summed E-state index contributed by atoms with van der Waals surface area (Å²) in [7, 11) is 0. The molecule has 0 aliphatic heterocycles. The van der Waals surface area contributed by atoms with Crippen LogP contribution in [0.2, 0.25) is 5.02 Å². The average Bonchev–Trinajstić information content (AvgIpc) is 2.23. The minimum absolute atomic E-state index is 0.0273. The fourth-order valence-corrected chi connectivity index (χ4v) is 1.54. The number of nitrogens with one attached hydrogen (secondary N) is 1. The fraction of sp³-hybridized carbons (Fsp3) is 0.500. The monoisotopic (exact) mass is 242 g/mol. The van der Waals surface area contributed by atoms with E-state index in [0.717, 1.165) is 16.1 Å². The number of hydrogen-bond donors (Lipinski definition) is 2. The molecular formula is C12H19ClN2O. The Morgan fingerprint density at radius 1 is 1.44 bits per heavy atom. The van der Waals surface area contributed by atoms with Crippen molar-refractivity contribution in [3.05, 3.63) is 34.3 Å². The van der Waals surface area contributed by atoms with Gasteiger partial charge >= 0.3 is 0 Å². The Bertz CT molecular complexity index is 342. The van der Waals surface area contributed by atoms with Crippen molar-refractivity contribution >= 4 is 11.6 Å². The summed E-state index contributed by atoms with van der Waals surface area (Å²) in [6.45, 7) is 6.50. The Morgan fingerprint density at radius 2 is 2.12 bits per heavy atom. The lowest BCUT2D eigenvalue weighted by Crippen LogP contribution is -2.32. The summed E-state index contributed by atoms with van der Waals surface area (Å²) in [6.07, 6.45) is 0.191. The Labute approximate surface area is 102 Å². The van der Waals surface area contributed by atoms with Gasteiger partial charge in [0, 0.05) is 5.02 Å². The largest absolute Gasteiger partial charge is 0.377 e. The van der Waals surface area contributed by atoms with E-state index in [1.54, 1.807) is 0 Å². The van der Waals surface area contributed by atoms with Crippen molar-refractivity contribution in [1.82, 2.24) is 5.43 Å². The molecule has 1 atom stereocenters. The number of ether oxygens (including phenoxy) is 1. The molecule has 3 N–H and O–H groups in total. The molecule has 4 heteroatoms. The maximum absolute atomic E-state index is 6.07. The molecule has 0 fully saturated rings. The third-order valence-corrected chi connectivity index (χ3v) is 2.80. The highest BCUT2D eigenvalue weighted by Crippen LogP contribution is 2.21. The van der Waals surface area contributed by atoms with Gasteiger partial charge in [-0.25, -0.2) is 0 Å². The molecule has 3 nitrogen and oxygen atoms in total. The highest BCUT2D eigenvalue weighted by atomic mass is 35.5. The van der Waals surface area contributed by atoms with E-state index < -0.39 is 0 Å². The van der Waals surface area contributed by atoms with Gasteiger partial charge in [0.1, 0.15) is 0 Å². The predicted molar refractivity (Wildman–Crippen MR) is 67.3 cm³/mol. The van der Waals surface area contributed by atoms with E-state index in [4.69, 9.17) is 22.2 Å². The maximum Gasteiger partial charge on any atom is 0.0694 e. The highest BCUT2D eigenvalue weighted by molar-refractivity contribution is 6.31. The van der Waals surface area contributed by atoms with Crippen molar-refractivity contribution in [3.8, 4) is 0 Å². The molecule has 1 aromatic rings. The molecule has 1 aromatic carbocycles. The van der Waals surface area contributed by atoms with Crippen molar-refractivity contribution in [3.63, 3.8) is 0 Å². The van der Waals surface area contributed by atoms with Crippen molar-refractivity contribution in [2.75, 3.05) is 6.61 Å². The molecule has 0 spiro atoms. The van der Waals surface area contributed by atoms with Crippen molar-refractivity contribution < 1.29 is 4.74 Å². The zero-order valence-electron chi connectivity index (χ0n) is 9.96. The van der Waals surface area contributed by atoms with Crippen LogP contribution in [0, 0.1) is 6.92 Å². The molecule has 0 aliphatic carbocycles. The molecule has 0 aromatic heterocycles. The van der Waals surface area contributed by atoms with Crippen LogP contribution in [0.15, 0.2) is 18.2 Å². The lowest BCUT2D eigenvalue weighted by Gasteiger charge is -2.18. The van der Waals surface area contributed by atoms with Crippen LogP contribution in [0.25, 0.3) is 0 Å². The Balaban J connectivity index is 2.74. The first-order valence-corrected chi connectivity index (χ1v) is 5.76. The van der Waals surface area contributed by atoms with Crippen LogP contribution in [0.4, 0.5) is 0 Å². The molecule has 0 heterocycles. The van der Waals surface area contributed by atoms with Gasteiger partial charge in [-0.3, -0.25) is 11.3 Å². The summed E-state index contributed by atoms with van der Waals surface area (Å²) in [6, 6.07) is 5.89. The molecule has 0 saturated carbocycles. The third kappa shape index (κ3) is 3.76. The average molecular weight is 243 g/mol. The van der Waals surface area contributed by atoms with Gasteiger partial charge in [-0.2, -0.15) is 0 Å². The van der Waals surface area contributed by atoms with Crippen LogP contribution in [-0.4, -0.2) is 12.7 Å². The van der Waals surface area contributed by atoms with Crippen LogP contribution in [-0.2, 0) is 4.74 Å². The van der Waals surface area contributed by atoms with Crippen LogP contribution in [0.3, 0.4) is 0 Å². The second kappa shape index (κ2) is 6.21. The Hall–Kier alpha value is -0.610. The summed E-state index contributed by atoms with van der Waals surface area (Å²) in [5.41, 5.74) is 4.84. The number of aryl methyl sites for hydroxylation is 1. The Morgan fingerprint density at radius 3 is 2.62 bits per heavy atom. The van der Waals surface area contributed by atoms with Gasteiger partial charge in [-0.15, -0.1) is 0 Å². The van der Waals surface area contributed by atoms with Crippen LogP contribution < -0.4 is 11.3 Å². The molecule has 0 amide bonds. The number of halogens is 1. The van der Waals surface area contributed by atoms with E-state index in [9.17, 15) is 0 Å². The van der Waals surface area contributed by atoms with Gasteiger partial charge in [0.15, 0.2) is 0 Å². The number of rotatable bonds is 5. The van der Waals surface area contributed by atoms with Gasteiger partial charge in [0.05, 0.1) is 18.8 Å². The lowest BCUT2D eigenvalue weighted by molar-refractivity contribution is 0.0611. The molecular weight excluding hydrogens is 224 g/mol. The minimum atomic E-state index is -0.0273. The number of nitrogens with two attached hydrogens (primary N) is 1. The lowest BCUT2D eigenvalue weighted by atomic mass is 10.1. The SMILES string of the molecule is Cc1ccc(C(COC(C)C)NN)cc1Cl. The highest BCUT2D eigenvalue weighted by Gasteiger charge is 2.11. The number of hydrazine groups is 1. The van der Waals surface area contributed by atoms with Crippen LogP contribution >= 0.6 is 11.6 Å². The second-order valence-electron chi connectivity index (χ2n) is 4.11. The summed E-state index contributed by atoms with van der Waals surface area (Å²) < 4.78 is 5.53. The van der Waals surface area contributed by atoms with Gasteiger partial charge in [0.25, 0.3) is 0 Å². The summed E-state index contributed by atoms with van der Waals surface area (Å²) in [4.78, 5) is 0. The smallest absolute Gasteiger partial charge is 0.0694 e. The maximum atomic E-state index is 6.07. The fourth-order valence-electron chi connectivity index (χ4n) is 1.36. The van der Waals surface area contributed by atoms with E-state index >= 15 is 0 Å². The summed E-state index contributed by atoms with van der Waals surface area (Å²) in [5.74, 6) is 5.51. The van der Waals surface area contributed by atoms with Crippen molar-refractivity contribution in [2.45, 2.75) is 32.9 Å². The van der Waals surface area contributed by atoms with E-state index in [1.807, 2.05) is 39.0 Å². The van der Waals surface area contributed by atoms with Gasteiger partial charge in [-0.05, 0) is 38.0 Å². The molecule has 0 radical (unpaired) electrons. The molecule has 16 heavy (non-hydrogen) atoms. The quantitative estimate of drug-likeness (QED) is 0.616. The molecule has 90 valence electrons. The molecule has 0 aliphatic rings. The first kappa shape index (κ1) is 13.5. The van der Waals surface area contributed by atoms with E-state index in [-0.39, 0.29) is 12.1 Å². The molecule has 1 rings (SSSR count). The first-order valence-electron chi connectivity index (χ1n) is 5.38.